The summed E-state index contributed by atoms with van der Waals surface area (Å²) >= 11 is 0. The van der Waals surface area contributed by atoms with E-state index in [0.29, 0.717) is 18.4 Å². The lowest BCUT2D eigenvalue weighted by atomic mass is 9.94. The van der Waals surface area contributed by atoms with Crippen LogP contribution in [0.25, 0.3) is 5.65 Å². The fourth-order valence-electron chi connectivity index (χ4n) is 2.54. The predicted octanol–water partition coefficient (Wildman–Crippen LogP) is 2.53. The largest absolute Gasteiger partial charge is 0.443 e. The lowest BCUT2D eigenvalue weighted by molar-refractivity contribution is 0.379. The van der Waals surface area contributed by atoms with Gasteiger partial charge in [-0.25, -0.2) is 9.97 Å². The minimum absolute atomic E-state index is 0.0424. The average molecular weight is 354 g/mol. The Morgan fingerprint density at radius 2 is 2.12 bits per heavy atom. The van der Waals surface area contributed by atoms with Crippen LogP contribution < -0.4 is 10.6 Å². The van der Waals surface area contributed by atoms with Gasteiger partial charge in [0.25, 0.3) is 0 Å². The summed E-state index contributed by atoms with van der Waals surface area (Å²) in [7, 11) is 1.75. The molecular weight excluding hydrogens is 328 g/mol. The molecule has 7 nitrogen and oxygen atoms in total. The van der Waals surface area contributed by atoms with Crippen molar-refractivity contribution in [2.45, 2.75) is 39.2 Å². The number of oxazole rings is 1. The highest BCUT2D eigenvalue weighted by Gasteiger charge is 2.19. The smallest absolute Gasteiger partial charge is 0.213 e. The lowest BCUT2D eigenvalue weighted by Gasteiger charge is -2.13. The first-order valence-electron chi connectivity index (χ1n) is 8.78. The molecule has 2 N–H and O–H groups in total. The van der Waals surface area contributed by atoms with E-state index in [1.54, 1.807) is 13.2 Å². The minimum atomic E-state index is -0.0424. The second-order valence-electron chi connectivity index (χ2n) is 7.17. The Hall–Kier alpha value is -2.83. The Morgan fingerprint density at radius 3 is 2.81 bits per heavy atom. The van der Waals surface area contributed by atoms with Crippen LogP contribution in [0.2, 0.25) is 0 Å². The highest BCUT2D eigenvalue weighted by atomic mass is 16.4. The van der Waals surface area contributed by atoms with Gasteiger partial charge in [0.15, 0.2) is 5.96 Å². The third-order valence-electron chi connectivity index (χ3n) is 4.01. The summed E-state index contributed by atoms with van der Waals surface area (Å²) in [6.07, 6.45) is 6.65. The van der Waals surface area contributed by atoms with Crippen molar-refractivity contribution in [3.05, 3.63) is 54.1 Å². The number of imidazole rings is 1. The molecule has 0 aliphatic carbocycles. The molecule has 0 bridgehead atoms. The van der Waals surface area contributed by atoms with Crippen molar-refractivity contribution >= 4 is 11.6 Å². The summed E-state index contributed by atoms with van der Waals surface area (Å²) in [5.41, 5.74) is 1.96. The van der Waals surface area contributed by atoms with E-state index in [1.165, 1.54) is 0 Å². The molecule has 0 aliphatic heterocycles. The number of aliphatic imine (C=N–C) groups is 1. The SMILES string of the molecule is CN=C(NCCc1cn2ccccc2n1)NCc1ncc(C(C)(C)C)o1. The van der Waals surface area contributed by atoms with E-state index in [4.69, 9.17) is 4.42 Å². The fraction of sp³-hybridized carbons (Fsp3) is 0.421. The topological polar surface area (TPSA) is 79.8 Å². The Kier molecular flexibility index (Phi) is 5.25. The van der Waals surface area contributed by atoms with Gasteiger partial charge in [0.2, 0.25) is 5.89 Å². The number of fused-ring (bicyclic) bond motifs is 1. The Labute approximate surface area is 153 Å². The molecule has 0 aliphatic rings. The van der Waals surface area contributed by atoms with Gasteiger partial charge in [-0.2, -0.15) is 0 Å². The van der Waals surface area contributed by atoms with Crippen LogP contribution in [0.1, 0.15) is 38.1 Å². The molecule has 0 radical (unpaired) electrons. The van der Waals surface area contributed by atoms with Gasteiger partial charge in [0.1, 0.15) is 11.4 Å². The number of guanidine groups is 1. The highest BCUT2D eigenvalue weighted by molar-refractivity contribution is 5.79. The van der Waals surface area contributed by atoms with E-state index in [-0.39, 0.29) is 5.41 Å². The number of rotatable bonds is 5. The molecule has 3 rings (SSSR count). The Bertz CT molecular complexity index is 854. The molecule has 3 heterocycles. The van der Waals surface area contributed by atoms with Crippen molar-refractivity contribution < 1.29 is 4.42 Å². The number of aromatic nitrogens is 3. The number of nitrogens with one attached hydrogen (secondary N) is 2. The fourth-order valence-corrected chi connectivity index (χ4v) is 2.54. The zero-order chi connectivity index (χ0) is 18.6. The molecule has 0 amide bonds. The van der Waals surface area contributed by atoms with E-state index in [2.05, 4.69) is 46.4 Å². The third kappa shape index (κ3) is 4.41. The number of pyridine rings is 1. The Morgan fingerprint density at radius 1 is 1.27 bits per heavy atom. The van der Waals surface area contributed by atoms with Gasteiger partial charge < -0.3 is 19.5 Å². The molecular formula is C19H26N6O. The summed E-state index contributed by atoms with van der Waals surface area (Å²) in [6.45, 7) is 7.53. The van der Waals surface area contributed by atoms with Gasteiger partial charge >= 0.3 is 0 Å². The average Bonchev–Trinajstić information content (AvgIpc) is 3.23. The quantitative estimate of drug-likeness (QED) is 0.544. The maximum absolute atomic E-state index is 5.78. The van der Waals surface area contributed by atoms with Gasteiger partial charge in [-0.3, -0.25) is 4.99 Å². The van der Waals surface area contributed by atoms with Crippen molar-refractivity contribution in [3.8, 4) is 0 Å². The first-order chi connectivity index (χ1) is 12.5. The Balaban J connectivity index is 1.48. The van der Waals surface area contributed by atoms with Crippen LogP contribution in [-0.2, 0) is 18.4 Å². The molecule has 26 heavy (non-hydrogen) atoms. The third-order valence-corrected chi connectivity index (χ3v) is 4.01. The maximum Gasteiger partial charge on any atom is 0.213 e. The van der Waals surface area contributed by atoms with Gasteiger partial charge in [-0.1, -0.05) is 26.8 Å². The second-order valence-corrected chi connectivity index (χ2v) is 7.17. The van der Waals surface area contributed by atoms with Crippen molar-refractivity contribution in [1.29, 1.82) is 0 Å². The molecule has 138 valence electrons. The van der Waals surface area contributed by atoms with Gasteiger partial charge in [-0.15, -0.1) is 0 Å². The first kappa shape index (κ1) is 18.0. The lowest BCUT2D eigenvalue weighted by Crippen LogP contribution is -2.37. The first-order valence-corrected chi connectivity index (χ1v) is 8.78. The predicted molar refractivity (Wildman–Crippen MR) is 102 cm³/mol. The monoisotopic (exact) mass is 354 g/mol. The van der Waals surface area contributed by atoms with Crippen LogP contribution >= 0.6 is 0 Å². The van der Waals surface area contributed by atoms with Gasteiger partial charge in [0.05, 0.1) is 18.4 Å². The second kappa shape index (κ2) is 7.59. The summed E-state index contributed by atoms with van der Waals surface area (Å²) in [4.78, 5) is 13.1. The molecule has 0 aromatic carbocycles. The van der Waals surface area contributed by atoms with Crippen molar-refractivity contribution in [2.24, 2.45) is 4.99 Å². The van der Waals surface area contributed by atoms with E-state index >= 15 is 0 Å². The number of hydrogen-bond donors (Lipinski definition) is 2. The molecule has 0 atom stereocenters. The van der Waals surface area contributed by atoms with Gasteiger partial charge in [-0.05, 0) is 12.1 Å². The van der Waals surface area contributed by atoms with Gasteiger partial charge in [0, 0.05) is 37.8 Å². The normalized spacial score (nSPS) is 12.5. The molecule has 3 aromatic heterocycles. The zero-order valence-corrected chi connectivity index (χ0v) is 15.8. The van der Waals surface area contributed by atoms with Crippen LogP contribution in [-0.4, -0.2) is 33.9 Å². The number of hydrogen-bond acceptors (Lipinski definition) is 4. The summed E-state index contributed by atoms with van der Waals surface area (Å²) in [5, 5.41) is 6.51. The highest BCUT2D eigenvalue weighted by Crippen LogP contribution is 2.22. The number of nitrogens with zero attached hydrogens (tertiary/aromatic N) is 4. The van der Waals surface area contributed by atoms with Crippen LogP contribution in [0, 0.1) is 0 Å². The van der Waals surface area contributed by atoms with E-state index < -0.39 is 0 Å². The van der Waals surface area contributed by atoms with Crippen LogP contribution in [0.5, 0.6) is 0 Å². The van der Waals surface area contributed by atoms with E-state index in [9.17, 15) is 0 Å². The molecule has 0 fully saturated rings. The summed E-state index contributed by atoms with van der Waals surface area (Å²) in [6, 6.07) is 5.99. The molecule has 0 spiro atoms. The van der Waals surface area contributed by atoms with Crippen molar-refractivity contribution in [1.82, 2.24) is 25.0 Å². The molecule has 0 unspecified atom stereocenters. The maximum atomic E-state index is 5.78. The minimum Gasteiger partial charge on any atom is -0.443 e. The molecule has 7 heteroatoms. The van der Waals surface area contributed by atoms with E-state index in [1.807, 2.05) is 35.0 Å². The zero-order valence-electron chi connectivity index (χ0n) is 15.8. The van der Waals surface area contributed by atoms with Crippen LogP contribution in [0.4, 0.5) is 0 Å². The van der Waals surface area contributed by atoms with Crippen LogP contribution in [0.3, 0.4) is 0 Å². The molecule has 0 saturated carbocycles. The molecule has 0 saturated heterocycles. The van der Waals surface area contributed by atoms with Crippen molar-refractivity contribution in [2.75, 3.05) is 13.6 Å². The van der Waals surface area contributed by atoms with Crippen molar-refractivity contribution in [3.63, 3.8) is 0 Å². The standard InChI is InChI=1S/C19H26N6O/c1-19(2,3)15-11-22-17(26-15)12-23-18(20-4)21-9-8-14-13-25-10-6-5-7-16(25)24-14/h5-7,10-11,13H,8-9,12H2,1-4H3,(H2,20,21,23). The summed E-state index contributed by atoms with van der Waals surface area (Å²) < 4.78 is 7.81. The molecule has 3 aromatic rings. The van der Waals surface area contributed by atoms with E-state index in [0.717, 1.165) is 30.1 Å². The summed E-state index contributed by atoms with van der Waals surface area (Å²) in [5.74, 6) is 2.24. The van der Waals surface area contributed by atoms with Crippen LogP contribution in [0.15, 0.2) is 46.2 Å².